The molecular formula is C12H13Cl2N5. The molecule has 0 aliphatic rings. The van der Waals surface area contributed by atoms with Crippen LogP contribution in [0.5, 0.6) is 0 Å². The van der Waals surface area contributed by atoms with Crippen LogP contribution in [-0.2, 0) is 0 Å². The zero-order valence-corrected chi connectivity index (χ0v) is 11.8. The summed E-state index contributed by atoms with van der Waals surface area (Å²) in [6.45, 7) is 2.68. The Hall–Kier alpha value is -1.72. The Bertz CT molecular complexity index is 588. The summed E-state index contributed by atoms with van der Waals surface area (Å²) < 4.78 is 0. The molecule has 0 spiro atoms. The lowest BCUT2D eigenvalue weighted by Crippen LogP contribution is -2.07. The lowest BCUT2D eigenvalue weighted by atomic mass is 10.3. The first-order valence-corrected chi connectivity index (χ1v) is 6.43. The molecule has 0 saturated carbocycles. The molecule has 7 heteroatoms. The number of nitrogens with two attached hydrogens (primary N) is 1. The molecular weight excluding hydrogens is 285 g/mol. The summed E-state index contributed by atoms with van der Waals surface area (Å²) in [7, 11) is 0. The molecule has 1 aromatic carbocycles. The van der Waals surface area contributed by atoms with Crippen LogP contribution in [0.15, 0.2) is 24.5 Å². The van der Waals surface area contributed by atoms with Gasteiger partial charge in [-0.15, -0.1) is 0 Å². The van der Waals surface area contributed by atoms with Crippen molar-refractivity contribution < 1.29 is 0 Å². The molecule has 0 bridgehead atoms. The summed E-state index contributed by atoms with van der Waals surface area (Å²) in [5.74, 6) is 1.06. The quantitative estimate of drug-likeness (QED) is 0.805. The van der Waals surface area contributed by atoms with Crippen LogP contribution >= 0.6 is 23.2 Å². The van der Waals surface area contributed by atoms with Crippen LogP contribution in [0.3, 0.4) is 0 Å². The number of benzene rings is 1. The molecule has 0 amide bonds. The predicted octanol–water partition coefficient (Wildman–Crippen LogP) is 3.54. The standard InChI is InChI=1S/C12H13Cl2N5/c1-2-16-11-10(15)12(18-6-17-11)19-9-5-7(13)3-4-8(9)14/h3-6H,2,15H2,1H3,(H2,16,17,18,19). The van der Waals surface area contributed by atoms with Crippen LogP contribution < -0.4 is 16.4 Å². The highest BCUT2D eigenvalue weighted by Gasteiger charge is 2.09. The summed E-state index contributed by atoms with van der Waals surface area (Å²) in [6, 6.07) is 5.12. The zero-order valence-electron chi connectivity index (χ0n) is 10.2. The molecule has 5 nitrogen and oxygen atoms in total. The molecule has 0 saturated heterocycles. The van der Waals surface area contributed by atoms with E-state index in [1.54, 1.807) is 18.2 Å². The van der Waals surface area contributed by atoms with Crippen molar-refractivity contribution in [2.75, 3.05) is 22.9 Å². The van der Waals surface area contributed by atoms with Gasteiger partial charge < -0.3 is 16.4 Å². The van der Waals surface area contributed by atoms with Crippen LogP contribution in [0.25, 0.3) is 0 Å². The molecule has 100 valence electrons. The predicted molar refractivity (Wildman–Crippen MR) is 80.4 cm³/mol. The van der Waals surface area contributed by atoms with Crippen molar-refractivity contribution in [3.8, 4) is 0 Å². The Morgan fingerprint density at radius 3 is 2.68 bits per heavy atom. The number of nitrogen functional groups attached to an aromatic ring is 1. The number of hydrogen-bond acceptors (Lipinski definition) is 5. The highest BCUT2D eigenvalue weighted by molar-refractivity contribution is 6.35. The number of rotatable bonds is 4. The molecule has 1 aromatic heterocycles. The van der Waals surface area contributed by atoms with E-state index in [0.717, 1.165) is 6.54 Å². The van der Waals surface area contributed by atoms with E-state index in [1.165, 1.54) is 6.33 Å². The number of nitrogens with zero attached hydrogens (tertiary/aromatic N) is 2. The van der Waals surface area contributed by atoms with Gasteiger partial charge in [0.05, 0.1) is 10.7 Å². The monoisotopic (exact) mass is 297 g/mol. The van der Waals surface area contributed by atoms with E-state index in [1.807, 2.05) is 6.92 Å². The van der Waals surface area contributed by atoms with Gasteiger partial charge in [0.2, 0.25) is 0 Å². The fourth-order valence-electron chi connectivity index (χ4n) is 1.52. The number of nitrogens with one attached hydrogen (secondary N) is 2. The van der Waals surface area contributed by atoms with Gasteiger partial charge in [0, 0.05) is 11.6 Å². The highest BCUT2D eigenvalue weighted by Crippen LogP contribution is 2.31. The van der Waals surface area contributed by atoms with Crippen molar-refractivity contribution in [2.45, 2.75) is 6.92 Å². The first-order valence-electron chi connectivity index (χ1n) is 5.68. The van der Waals surface area contributed by atoms with Crippen molar-refractivity contribution in [2.24, 2.45) is 0 Å². The van der Waals surface area contributed by atoms with Gasteiger partial charge in [-0.3, -0.25) is 0 Å². The fraction of sp³-hybridized carbons (Fsp3) is 0.167. The van der Waals surface area contributed by atoms with E-state index in [2.05, 4.69) is 20.6 Å². The Morgan fingerprint density at radius 2 is 1.95 bits per heavy atom. The second kappa shape index (κ2) is 5.95. The van der Waals surface area contributed by atoms with Gasteiger partial charge in [0.25, 0.3) is 0 Å². The van der Waals surface area contributed by atoms with E-state index in [0.29, 0.717) is 33.1 Å². The van der Waals surface area contributed by atoms with Gasteiger partial charge in [-0.2, -0.15) is 0 Å². The minimum absolute atomic E-state index is 0.431. The summed E-state index contributed by atoms with van der Waals surface area (Å²) in [6.07, 6.45) is 1.43. The van der Waals surface area contributed by atoms with Crippen molar-refractivity contribution >= 4 is 46.2 Å². The molecule has 0 radical (unpaired) electrons. The van der Waals surface area contributed by atoms with Crippen molar-refractivity contribution in [3.05, 3.63) is 34.6 Å². The molecule has 0 unspecified atom stereocenters. The SMILES string of the molecule is CCNc1ncnc(Nc2cc(Cl)ccc2Cl)c1N. The molecule has 0 atom stereocenters. The lowest BCUT2D eigenvalue weighted by Gasteiger charge is -2.12. The van der Waals surface area contributed by atoms with Gasteiger partial charge in [-0.1, -0.05) is 23.2 Å². The van der Waals surface area contributed by atoms with Crippen molar-refractivity contribution in [1.29, 1.82) is 0 Å². The summed E-state index contributed by atoms with van der Waals surface area (Å²) >= 11 is 12.0. The van der Waals surface area contributed by atoms with Gasteiger partial charge in [-0.05, 0) is 25.1 Å². The maximum absolute atomic E-state index is 6.08. The minimum Gasteiger partial charge on any atom is -0.393 e. The van der Waals surface area contributed by atoms with E-state index in [9.17, 15) is 0 Å². The Balaban J connectivity index is 2.33. The molecule has 1 heterocycles. The second-order valence-electron chi connectivity index (χ2n) is 3.76. The number of halogens is 2. The highest BCUT2D eigenvalue weighted by atomic mass is 35.5. The van der Waals surface area contributed by atoms with Crippen LogP contribution in [0.1, 0.15) is 6.92 Å². The first kappa shape index (κ1) is 13.7. The number of aromatic nitrogens is 2. The maximum Gasteiger partial charge on any atom is 0.159 e. The van der Waals surface area contributed by atoms with Crippen LogP contribution in [0, 0.1) is 0 Å². The molecule has 0 aliphatic heterocycles. The van der Waals surface area contributed by atoms with Gasteiger partial charge >= 0.3 is 0 Å². The van der Waals surface area contributed by atoms with Gasteiger partial charge in [0.1, 0.15) is 12.0 Å². The summed E-state index contributed by atoms with van der Waals surface area (Å²) in [5.41, 5.74) is 7.05. The largest absolute Gasteiger partial charge is 0.393 e. The summed E-state index contributed by atoms with van der Waals surface area (Å²) in [4.78, 5) is 8.16. The molecule has 2 aromatic rings. The van der Waals surface area contributed by atoms with Gasteiger partial charge in [0.15, 0.2) is 11.6 Å². The molecule has 0 fully saturated rings. The van der Waals surface area contributed by atoms with E-state index in [4.69, 9.17) is 28.9 Å². The van der Waals surface area contributed by atoms with E-state index in [-0.39, 0.29) is 0 Å². The first-order chi connectivity index (χ1) is 9.11. The van der Waals surface area contributed by atoms with E-state index < -0.39 is 0 Å². The maximum atomic E-state index is 6.08. The topological polar surface area (TPSA) is 75.9 Å². The Labute approximate surface area is 121 Å². The molecule has 0 aliphatic carbocycles. The lowest BCUT2D eigenvalue weighted by molar-refractivity contribution is 1.12. The van der Waals surface area contributed by atoms with E-state index >= 15 is 0 Å². The molecule has 2 rings (SSSR count). The second-order valence-corrected chi connectivity index (χ2v) is 4.61. The van der Waals surface area contributed by atoms with Crippen LogP contribution in [0.2, 0.25) is 10.0 Å². The van der Waals surface area contributed by atoms with Crippen LogP contribution in [0.4, 0.5) is 23.0 Å². The average molecular weight is 298 g/mol. The van der Waals surface area contributed by atoms with Crippen LogP contribution in [-0.4, -0.2) is 16.5 Å². The Kier molecular flexibility index (Phi) is 4.29. The molecule has 4 N–H and O–H groups in total. The normalized spacial score (nSPS) is 10.3. The average Bonchev–Trinajstić information content (AvgIpc) is 2.39. The van der Waals surface area contributed by atoms with Gasteiger partial charge in [-0.25, -0.2) is 9.97 Å². The zero-order chi connectivity index (χ0) is 13.8. The number of anilines is 4. The Morgan fingerprint density at radius 1 is 1.21 bits per heavy atom. The van der Waals surface area contributed by atoms with Crippen molar-refractivity contribution in [1.82, 2.24) is 9.97 Å². The smallest absolute Gasteiger partial charge is 0.159 e. The van der Waals surface area contributed by atoms with Crippen molar-refractivity contribution in [3.63, 3.8) is 0 Å². The third-order valence-electron chi connectivity index (χ3n) is 2.41. The summed E-state index contributed by atoms with van der Waals surface area (Å²) in [5, 5.41) is 7.21. The number of hydrogen-bond donors (Lipinski definition) is 3. The minimum atomic E-state index is 0.431. The third-order valence-corrected chi connectivity index (χ3v) is 2.97. The fourth-order valence-corrected chi connectivity index (χ4v) is 1.86. The third kappa shape index (κ3) is 3.19. The molecule has 19 heavy (non-hydrogen) atoms.